The highest BCUT2D eigenvalue weighted by Gasteiger charge is 2.23. The van der Waals surface area contributed by atoms with Crippen LogP contribution < -0.4 is 5.32 Å². The van der Waals surface area contributed by atoms with Crippen molar-refractivity contribution in [1.82, 2.24) is 9.88 Å². The molecule has 1 aromatic heterocycles. The summed E-state index contributed by atoms with van der Waals surface area (Å²) in [4.78, 5) is 17.6. The van der Waals surface area contributed by atoms with E-state index in [1.165, 1.54) is 6.20 Å². The Balaban J connectivity index is 2.14. The van der Waals surface area contributed by atoms with Crippen molar-refractivity contribution >= 4 is 11.7 Å². The molecule has 2 unspecified atom stereocenters. The fourth-order valence-electron chi connectivity index (χ4n) is 2.49. The highest BCUT2D eigenvalue weighted by molar-refractivity contribution is 5.93. The Hall–Kier alpha value is -1.62. The number of rotatable bonds is 3. The Kier molecular flexibility index (Phi) is 4.04. The van der Waals surface area contributed by atoms with E-state index in [1.54, 1.807) is 0 Å². The van der Waals surface area contributed by atoms with E-state index in [-0.39, 0.29) is 5.56 Å². The number of nitrogens with one attached hydrogen (secondary N) is 1. The van der Waals surface area contributed by atoms with E-state index in [0.29, 0.717) is 17.8 Å². The lowest BCUT2D eigenvalue weighted by molar-refractivity contribution is 0.0697. The molecule has 5 nitrogen and oxygen atoms in total. The van der Waals surface area contributed by atoms with E-state index >= 15 is 0 Å². The number of pyridine rings is 1. The van der Waals surface area contributed by atoms with Crippen LogP contribution in [0.5, 0.6) is 0 Å². The van der Waals surface area contributed by atoms with Gasteiger partial charge in [-0.15, -0.1) is 0 Å². The lowest BCUT2D eigenvalue weighted by Gasteiger charge is -2.36. The van der Waals surface area contributed by atoms with E-state index in [1.807, 2.05) is 13.0 Å². The van der Waals surface area contributed by atoms with Gasteiger partial charge in [-0.1, -0.05) is 0 Å². The van der Waals surface area contributed by atoms with Gasteiger partial charge in [-0.3, -0.25) is 4.98 Å². The Morgan fingerprint density at radius 1 is 1.58 bits per heavy atom. The monoisotopic (exact) mass is 263 g/mol. The quantitative estimate of drug-likeness (QED) is 0.873. The summed E-state index contributed by atoms with van der Waals surface area (Å²) in [5.41, 5.74) is 1.76. The van der Waals surface area contributed by atoms with Gasteiger partial charge < -0.3 is 15.3 Å². The van der Waals surface area contributed by atoms with Crippen molar-refractivity contribution in [2.75, 3.05) is 18.9 Å². The van der Waals surface area contributed by atoms with Gasteiger partial charge in [0.1, 0.15) is 5.56 Å². The minimum Gasteiger partial charge on any atom is -0.478 e. The fourth-order valence-corrected chi connectivity index (χ4v) is 2.49. The first-order chi connectivity index (χ1) is 8.97. The summed E-state index contributed by atoms with van der Waals surface area (Å²) in [6.07, 6.45) is 3.48. The average Bonchev–Trinajstić information content (AvgIpc) is 2.33. The second kappa shape index (κ2) is 5.57. The molecule has 0 spiro atoms. The zero-order valence-corrected chi connectivity index (χ0v) is 11.7. The van der Waals surface area contributed by atoms with Crippen LogP contribution in [0.1, 0.15) is 35.8 Å². The van der Waals surface area contributed by atoms with Crippen LogP contribution in [0.4, 0.5) is 5.69 Å². The molecule has 1 aliphatic rings. The minimum atomic E-state index is -0.934. The Morgan fingerprint density at radius 3 is 2.95 bits per heavy atom. The van der Waals surface area contributed by atoms with Gasteiger partial charge in [0.2, 0.25) is 0 Å². The van der Waals surface area contributed by atoms with Crippen molar-refractivity contribution in [3.05, 3.63) is 23.5 Å². The van der Waals surface area contributed by atoms with Crippen LogP contribution in [0.3, 0.4) is 0 Å². The van der Waals surface area contributed by atoms with E-state index < -0.39 is 5.97 Å². The molecule has 2 heterocycles. The van der Waals surface area contributed by atoms with Crippen molar-refractivity contribution in [3.8, 4) is 0 Å². The largest absolute Gasteiger partial charge is 0.478 e. The molecule has 19 heavy (non-hydrogen) atoms. The van der Waals surface area contributed by atoms with E-state index in [0.717, 1.165) is 25.1 Å². The number of aromatic carboxylic acids is 1. The molecule has 2 rings (SSSR count). The fraction of sp³-hybridized carbons (Fsp3) is 0.571. The smallest absolute Gasteiger partial charge is 0.339 e. The van der Waals surface area contributed by atoms with Crippen molar-refractivity contribution in [2.24, 2.45) is 0 Å². The first-order valence-electron chi connectivity index (χ1n) is 6.64. The van der Waals surface area contributed by atoms with E-state index in [4.69, 9.17) is 0 Å². The molecule has 1 aromatic rings. The number of carboxylic acids is 1. The summed E-state index contributed by atoms with van der Waals surface area (Å²) in [7, 11) is 2.13. The molecule has 0 amide bonds. The summed E-state index contributed by atoms with van der Waals surface area (Å²) in [6.45, 7) is 5.10. The Bertz CT molecular complexity index is 476. The molecule has 104 valence electrons. The van der Waals surface area contributed by atoms with Crippen LogP contribution in [-0.4, -0.2) is 46.6 Å². The molecule has 0 radical (unpaired) electrons. The molecular weight excluding hydrogens is 242 g/mol. The van der Waals surface area contributed by atoms with Gasteiger partial charge in [0.15, 0.2) is 0 Å². The van der Waals surface area contributed by atoms with Crippen LogP contribution in [-0.2, 0) is 0 Å². The first-order valence-corrected chi connectivity index (χ1v) is 6.64. The number of aryl methyl sites for hydroxylation is 1. The second-order valence-corrected chi connectivity index (χ2v) is 5.37. The molecule has 5 heteroatoms. The number of hydrogen-bond acceptors (Lipinski definition) is 4. The third-order valence-electron chi connectivity index (χ3n) is 3.84. The molecule has 1 fully saturated rings. The van der Waals surface area contributed by atoms with Crippen molar-refractivity contribution in [3.63, 3.8) is 0 Å². The van der Waals surface area contributed by atoms with Crippen molar-refractivity contribution in [1.29, 1.82) is 0 Å². The molecule has 1 saturated heterocycles. The molecule has 0 aliphatic carbocycles. The van der Waals surface area contributed by atoms with Gasteiger partial charge in [-0.2, -0.15) is 0 Å². The van der Waals surface area contributed by atoms with Gasteiger partial charge in [-0.25, -0.2) is 4.79 Å². The Labute approximate surface area is 113 Å². The maximum atomic E-state index is 11.2. The number of hydrogen-bond donors (Lipinski definition) is 2. The second-order valence-electron chi connectivity index (χ2n) is 5.37. The van der Waals surface area contributed by atoms with Gasteiger partial charge in [-0.05, 0) is 39.8 Å². The maximum Gasteiger partial charge on any atom is 0.339 e. The zero-order chi connectivity index (χ0) is 14.0. The lowest BCUT2D eigenvalue weighted by Crippen LogP contribution is -2.42. The summed E-state index contributed by atoms with van der Waals surface area (Å²) < 4.78 is 0. The topological polar surface area (TPSA) is 65.5 Å². The lowest BCUT2D eigenvalue weighted by atomic mass is 9.98. The third kappa shape index (κ3) is 3.23. The number of anilines is 1. The number of likely N-dealkylation sites (tertiary alicyclic amines) is 1. The normalized spacial score (nSPS) is 24.2. The molecule has 0 saturated carbocycles. The first kappa shape index (κ1) is 13.8. The van der Waals surface area contributed by atoms with Gasteiger partial charge in [0.05, 0.1) is 5.69 Å². The summed E-state index contributed by atoms with van der Waals surface area (Å²) in [6, 6.07) is 2.65. The predicted molar refractivity (Wildman–Crippen MR) is 74.7 cm³/mol. The molecule has 0 aromatic carbocycles. The highest BCUT2D eigenvalue weighted by atomic mass is 16.4. The molecule has 2 N–H and O–H groups in total. The van der Waals surface area contributed by atoms with Crippen LogP contribution in [0.15, 0.2) is 12.3 Å². The summed E-state index contributed by atoms with van der Waals surface area (Å²) in [5, 5.41) is 12.6. The Morgan fingerprint density at radius 2 is 2.32 bits per heavy atom. The number of carboxylic acid groups (broad SMARTS) is 1. The maximum absolute atomic E-state index is 11.2. The van der Waals surface area contributed by atoms with Gasteiger partial charge in [0.25, 0.3) is 0 Å². The zero-order valence-electron chi connectivity index (χ0n) is 11.7. The van der Waals surface area contributed by atoms with Crippen molar-refractivity contribution in [2.45, 2.75) is 38.8 Å². The molecule has 0 bridgehead atoms. The van der Waals surface area contributed by atoms with Crippen LogP contribution in [0.2, 0.25) is 0 Å². The van der Waals surface area contributed by atoms with Gasteiger partial charge in [0, 0.05) is 30.5 Å². The number of carbonyl (C=O) groups is 1. The standard InChI is InChI=1S/C14H21N3O2/c1-9-6-13(12(8-15-9)14(18)19)16-11-4-5-17(3)10(2)7-11/h6,8,10-11H,4-5,7H2,1-3H3,(H,15,16)(H,18,19). The van der Waals surface area contributed by atoms with E-state index in [9.17, 15) is 9.90 Å². The molecule has 1 aliphatic heterocycles. The summed E-state index contributed by atoms with van der Waals surface area (Å²) in [5.74, 6) is -0.934. The van der Waals surface area contributed by atoms with Crippen molar-refractivity contribution < 1.29 is 9.90 Å². The summed E-state index contributed by atoms with van der Waals surface area (Å²) >= 11 is 0. The van der Waals surface area contributed by atoms with E-state index in [2.05, 4.69) is 29.2 Å². The number of aromatic nitrogens is 1. The third-order valence-corrected chi connectivity index (χ3v) is 3.84. The SMILES string of the molecule is Cc1cc(NC2CCN(C)C(C)C2)c(C(=O)O)cn1. The van der Waals surface area contributed by atoms with Gasteiger partial charge >= 0.3 is 5.97 Å². The highest BCUT2D eigenvalue weighted by Crippen LogP contribution is 2.22. The number of nitrogens with zero attached hydrogens (tertiary/aromatic N) is 2. The molecular formula is C14H21N3O2. The minimum absolute atomic E-state index is 0.247. The average molecular weight is 263 g/mol. The van der Waals surface area contributed by atoms with Crippen LogP contribution in [0, 0.1) is 6.92 Å². The van der Waals surface area contributed by atoms with Crippen LogP contribution >= 0.6 is 0 Å². The predicted octanol–water partition coefficient (Wildman–Crippen LogP) is 1.98. The van der Waals surface area contributed by atoms with Crippen LogP contribution in [0.25, 0.3) is 0 Å². The molecule has 2 atom stereocenters. The number of piperidine rings is 1.